The molecule has 1 aromatic heterocycles. The number of hydrogen-bond acceptors (Lipinski definition) is 2. The minimum absolute atomic E-state index is 0.349. The molecule has 0 bridgehead atoms. The fraction of sp³-hybridized carbons (Fsp3) is 0.400. The van der Waals surface area contributed by atoms with Gasteiger partial charge in [0.25, 0.3) is 0 Å². The van der Waals surface area contributed by atoms with Crippen molar-refractivity contribution in [3.8, 4) is 0 Å². The summed E-state index contributed by atoms with van der Waals surface area (Å²) in [5.41, 5.74) is 0.597. The highest BCUT2D eigenvalue weighted by atomic mass is 79.9. The Labute approximate surface area is 121 Å². The zero-order valence-corrected chi connectivity index (χ0v) is 13.0. The molecule has 1 aliphatic carbocycles. The zero-order valence-electron chi connectivity index (χ0n) is 11.4. The van der Waals surface area contributed by atoms with Crippen molar-refractivity contribution in [2.45, 2.75) is 32.8 Å². The summed E-state index contributed by atoms with van der Waals surface area (Å²) in [6.45, 7) is 5.59. The van der Waals surface area contributed by atoms with E-state index in [9.17, 15) is 4.79 Å². The predicted molar refractivity (Wildman–Crippen MR) is 79.8 cm³/mol. The van der Waals surface area contributed by atoms with Gasteiger partial charge in [-0.05, 0) is 20.8 Å². The van der Waals surface area contributed by atoms with Gasteiger partial charge < -0.3 is 4.74 Å². The topological polar surface area (TPSA) is 31.2 Å². The maximum absolute atomic E-state index is 12.2. The molecule has 1 heterocycles. The van der Waals surface area contributed by atoms with Crippen molar-refractivity contribution in [3.63, 3.8) is 0 Å². The number of carbonyl (C=O) groups excluding carboxylic acids is 1. The Morgan fingerprint density at radius 1 is 1.47 bits per heavy atom. The first-order chi connectivity index (χ1) is 8.92. The lowest BCUT2D eigenvalue weighted by Crippen LogP contribution is -2.37. The Kier molecular flexibility index (Phi) is 3.93. The fourth-order valence-corrected chi connectivity index (χ4v) is 2.36. The number of ether oxygens (including phenoxy) is 1. The van der Waals surface area contributed by atoms with E-state index in [1.54, 1.807) is 4.57 Å². The van der Waals surface area contributed by atoms with Crippen LogP contribution in [0.15, 0.2) is 18.3 Å². The highest BCUT2D eigenvalue weighted by Crippen LogP contribution is 2.08. The summed E-state index contributed by atoms with van der Waals surface area (Å²) < 4.78 is 6.99. The Bertz CT molecular complexity index is 632. The van der Waals surface area contributed by atoms with Crippen LogP contribution in [-0.2, 0) is 11.2 Å². The second-order valence-electron chi connectivity index (χ2n) is 5.37. The van der Waals surface area contributed by atoms with Gasteiger partial charge in [-0.15, -0.1) is 0 Å². The molecule has 1 aromatic rings. The summed E-state index contributed by atoms with van der Waals surface area (Å²) >= 11 is 3.43. The number of aromatic nitrogens is 1. The van der Waals surface area contributed by atoms with Crippen molar-refractivity contribution in [3.05, 3.63) is 34.5 Å². The molecular weight excluding hydrogens is 306 g/mol. The largest absolute Gasteiger partial charge is 0.443 e. The molecule has 3 nitrogen and oxygen atoms in total. The molecule has 19 heavy (non-hydrogen) atoms. The Hall–Kier alpha value is -1.38. The van der Waals surface area contributed by atoms with Crippen molar-refractivity contribution in [2.75, 3.05) is 5.33 Å². The van der Waals surface area contributed by atoms with E-state index in [1.165, 1.54) is 0 Å². The molecule has 0 fully saturated rings. The summed E-state index contributed by atoms with van der Waals surface area (Å²) in [4.78, 5) is 12.2. The number of halogens is 1. The number of allylic oxidation sites excluding steroid dienone is 2. The molecule has 0 unspecified atom stereocenters. The molecule has 0 spiro atoms. The molecule has 0 aromatic carbocycles. The molecule has 0 saturated carbocycles. The van der Waals surface area contributed by atoms with Gasteiger partial charge in [-0.1, -0.05) is 15.9 Å². The molecule has 100 valence electrons. The standard InChI is InChI=1S/C15H17BrNO2/c1-15(2,3)19-14(18)17-10-11(8-9-16)12-6-4-5-7-13(12)17/h4-5,7,10H,8-9H2,1-3H3/q+1. The van der Waals surface area contributed by atoms with Crippen LogP contribution in [0, 0.1) is 0 Å². The number of alkyl halides is 1. The van der Waals surface area contributed by atoms with Gasteiger partial charge in [0.1, 0.15) is 5.60 Å². The summed E-state index contributed by atoms with van der Waals surface area (Å²) in [7, 11) is 0. The molecule has 4 heteroatoms. The van der Waals surface area contributed by atoms with Crippen molar-refractivity contribution in [1.29, 1.82) is 0 Å². The van der Waals surface area contributed by atoms with Gasteiger partial charge in [0, 0.05) is 30.0 Å². The minimum Gasteiger partial charge on any atom is -0.443 e. The number of nitrogens with zero attached hydrogens (tertiary/aromatic N) is 1. The van der Waals surface area contributed by atoms with Crippen LogP contribution in [0.3, 0.4) is 0 Å². The highest BCUT2D eigenvalue weighted by molar-refractivity contribution is 9.09. The number of hydrogen-bond donors (Lipinski definition) is 0. The lowest BCUT2D eigenvalue weighted by atomic mass is 10.1. The molecule has 2 rings (SSSR count). The normalized spacial score (nSPS) is 13.1. The smallest absolute Gasteiger partial charge is 0.428 e. The second-order valence-corrected chi connectivity index (χ2v) is 6.17. The zero-order chi connectivity index (χ0) is 14.0. The van der Waals surface area contributed by atoms with Crippen molar-refractivity contribution in [2.24, 2.45) is 0 Å². The maximum atomic E-state index is 12.2. The van der Waals surface area contributed by atoms with E-state index in [1.807, 2.05) is 45.2 Å². The highest BCUT2D eigenvalue weighted by Gasteiger charge is 2.23. The molecule has 0 atom stereocenters. The third kappa shape index (κ3) is 3.14. The second kappa shape index (κ2) is 5.32. The van der Waals surface area contributed by atoms with Crippen LogP contribution in [0.2, 0.25) is 0 Å². The SMILES string of the molecule is CC(C)(C)OC(=O)n1cc(CCBr)c2c1=CC=C[C+]=2. The van der Waals surface area contributed by atoms with Crippen LogP contribution in [0.4, 0.5) is 4.79 Å². The first-order valence-electron chi connectivity index (χ1n) is 6.22. The Balaban J connectivity index is 2.47. The van der Waals surface area contributed by atoms with Crippen LogP contribution in [0.25, 0.3) is 12.2 Å². The van der Waals surface area contributed by atoms with E-state index in [2.05, 4.69) is 22.0 Å². The molecular formula is C15H17BrNO2+. The molecule has 0 aliphatic heterocycles. The molecule has 1 aliphatic rings. The third-order valence-electron chi connectivity index (χ3n) is 2.65. The van der Waals surface area contributed by atoms with Crippen LogP contribution in [-0.4, -0.2) is 21.6 Å². The summed E-state index contributed by atoms with van der Waals surface area (Å²) in [5, 5.41) is 2.67. The third-order valence-corrected chi connectivity index (χ3v) is 3.05. The van der Waals surface area contributed by atoms with Crippen molar-refractivity contribution >= 4 is 34.2 Å². The van der Waals surface area contributed by atoms with Gasteiger partial charge in [0.15, 0.2) is 10.6 Å². The van der Waals surface area contributed by atoms with Crippen LogP contribution < -0.4 is 10.6 Å². The molecule has 0 amide bonds. The maximum Gasteiger partial charge on any atom is 0.428 e. The van der Waals surface area contributed by atoms with Gasteiger partial charge in [0.2, 0.25) is 0 Å². The van der Waals surface area contributed by atoms with E-state index < -0.39 is 5.60 Å². The Morgan fingerprint density at radius 3 is 2.84 bits per heavy atom. The summed E-state index contributed by atoms with van der Waals surface area (Å²) in [6.07, 6.45) is 11.2. The quantitative estimate of drug-likeness (QED) is 0.617. The minimum atomic E-state index is -0.498. The number of carbonyl (C=O) groups is 1. The monoisotopic (exact) mass is 322 g/mol. The van der Waals surface area contributed by atoms with E-state index >= 15 is 0 Å². The van der Waals surface area contributed by atoms with E-state index in [0.717, 1.165) is 27.9 Å². The molecule has 0 radical (unpaired) electrons. The van der Waals surface area contributed by atoms with E-state index in [0.29, 0.717) is 0 Å². The van der Waals surface area contributed by atoms with Gasteiger partial charge in [-0.25, -0.2) is 4.79 Å². The van der Waals surface area contributed by atoms with Gasteiger partial charge in [-0.2, -0.15) is 4.57 Å². The van der Waals surface area contributed by atoms with Crippen LogP contribution >= 0.6 is 15.9 Å². The average molecular weight is 323 g/mol. The number of rotatable bonds is 2. The molecule has 0 N–H and O–H groups in total. The van der Waals surface area contributed by atoms with E-state index in [4.69, 9.17) is 4.74 Å². The average Bonchev–Trinajstić information content (AvgIpc) is 2.67. The number of fused-ring (bicyclic) bond motifs is 1. The first kappa shape index (κ1) is 14.0. The predicted octanol–water partition coefficient (Wildman–Crippen LogP) is 2.22. The lowest BCUT2D eigenvalue weighted by molar-refractivity contribution is 0.0532. The Morgan fingerprint density at radius 2 is 2.21 bits per heavy atom. The van der Waals surface area contributed by atoms with E-state index in [-0.39, 0.29) is 6.09 Å². The first-order valence-corrected chi connectivity index (χ1v) is 7.34. The number of aryl methyl sites for hydroxylation is 1. The van der Waals surface area contributed by atoms with Crippen molar-refractivity contribution < 1.29 is 9.53 Å². The van der Waals surface area contributed by atoms with Gasteiger partial charge in [-0.3, -0.25) is 0 Å². The molecule has 0 saturated heterocycles. The van der Waals surface area contributed by atoms with Crippen molar-refractivity contribution in [1.82, 2.24) is 4.57 Å². The van der Waals surface area contributed by atoms with Crippen LogP contribution in [0.5, 0.6) is 0 Å². The van der Waals surface area contributed by atoms with Gasteiger partial charge in [0.05, 0.1) is 17.8 Å². The summed E-state index contributed by atoms with van der Waals surface area (Å²) in [6, 6.07) is 0. The fourth-order valence-electron chi connectivity index (χ4n) is 1.93. The van der Waals surface area contributed by atoms with Crippen LogP contribution in [0.1, 0.15) is 26.3 Å². The van der Waals surface area contributed by atoms with Gasteiger partial charge >= 0.3 is 6.09 Å². The lowest BCUT2D eigenvalue weighted by Gasteiger charge is -2.18. The summed E-state index contributed by atoms with van der Waals surface area (Å²) in [5.74, 6) is 0.